The van der Waals surface area contributed by atoms with Crippen molar-refractivity contribution in [1.82, 2.24) is 9.97 Å². The van der Waals surface area contributed by atoms with Crippen molar-refractivity contribution in [2.24, 2.45) is 5.73 Å². The van der Waals surface area contributed by atoms with Crippen molar-refractivity contribution in [2.75, 3.05) is 0 Å². The molecule has 3 rings (SSSR count). The molecular formula is C17H15N3. The van der Waals surface area contributed by atoms with Gasteiger partial charge in [0.2, 0.25) is 0 Å². The molecule has 0 atom stereocenters. The lowest BCUT2D eigenvalue weighted by molar-refractivity contribution is 1.07. The highest BCUT2D eigenvalue weighted by atomic mass is 14.8. The molecule has 0 saturated heterocycles. The molecule has 2 N–H and O–H groups in total. The first-order chi connectivity index (χ1) is 9.88. The number of hydrogen-bond acceptors (Lipinski definition) is 3. The highest BCUT2D eigenvalue weighted by Crippen LogP contribution is 2.30. The standard InChI is InChI=1S/C17H15N3/c18-11-13-5-7-14(8-6-13)15-3-1-2-4-16(15)17-9-10-19-12-20-17/h1-10,12H,11,18H2. The first-order valence-corrected chi connectivity index (χ1v) is 6.53. The highest BCUT2D eigenvalue weighted by molar-refractivity contribution is 5.81. The van der Waals surface area contributed by atoms with Gasteiger partial charge in [-0.1, -0.05) is 48.5 Å². The van der Waals surface area contributed by atoms with E-state index in [2.05, 4.69) is 46.4 Å². The Bertz CT molecular complexity index is 691. The minimum Gasteiger partial charge on any atom is -0.326 e. The molecule has 0 saturated carbocycles. The van der Waals surface area contributed by atoms with Crippen LogP contribution >= 0.6 is 0 Å². The van der Waals surface area contributed by atoms with Crippen LogP contribution in [0.4, 0.5) is 0 Å². The van der Waals surface area contributed by atoms with Crippen LogP contribution < -0.4 is 5.73 Å². The SMILES string of the molecule is NCc1ccc(-c2ccccc2-c2ccncn2)cc1. The summed E-state index contributed by atoms with van der Waals surface area (Å²) in [5.74, 6) is 0. The number of benzene rings is 2. The number of aromatic nitrogens is 2. The third-order valence-electron chi connectivity index (χ3n) is 3.29. The van der Waals surface area contributed by atoms with E-state index in [-0.39, 0.29) is 0 Å². The molecule has 20 heavy (non-hydrogen) atoms. The van der Waals surface area contributed by atoms with Gasteiger partial charge in [-0.2, -0.15) is 0 Å². The maximum absolute atomic E-state index is 5.64. The van der Waals surface area contributed by atoms with Crippen LogP contribution in [0.15, 0.2) is 67.1 Å². The smallest absolute Gasteiger partial charge is 0.116 e. The highest BCUT2D eigenvalue weighted by Gasteiger charge is 2.07. The summed E-state index contributed by atoms with van der Waals surface area (Å²) in [4.78, 5) is 8.31. The van der Waals surface area contributed by atoms with Gasteiger partial charge in [0.05, 0.1) is 5.69 Å². The van der Waals surface area contributed by atoms with Gasteiger partial charge in [0, 0.05) is 18.3 Å². The Labute approximate surface area is 118 Å². The minimum absolute atomic E-state index is 0.563. The quantitative estimate of drug-likeness (QED) is 0.787. The van der Waals surface area contributed by atoms with E-state index in [1.54, 1.807) is 12.5 Å². The zero-order valence-electron chi connectivity index (χ0n) is 11.0. The van der Waals surface area contributed by atoms with Crippen LogP contribution in [-0.4, -0.2) is 9.97 Å². The van der Waals surface area contributed by atoms with Gasteiger partial charge in [-0.3, -0.25) is 0 Å². The zero-order chi connectivity index (χ0) is 13.8. The lowest BCUT2D eigenvalue weighted by Crippen LogP contribution is -1.95. The van der Waals surface area contributed by atoms with Crippen molar-refractivity contribution < 1.29 is 0 Å². The van der Waals surface area contributed by atoms with Crippen molar-refractivity contribution in [2.45, 2.75) is 6.54 Å². The van der Waals surface area contributed by atoms with Gasteiger partial charge in [0.15, 0.2) is 0 Å². The normalized spacial score (nSPS) is 10.4. The molecule has 3 nitrogen and oxygen atoms in total. The molecule has 0 radical (unpaired) electrons. The van der Waals surface area contributed by atoms with Gasteiger partial charge in [-0.15, -0.1) is 0 Å². The maximum atomic E-state index is 5.64. The van der Waals surface area contributed by atoms with Crippen LogP contribution in [0.3, 0.4) is 0 Å². The van der Waals surface area contributed by atoms with Crippen molar-refractivity contribution in [3.05, 3.63) is 72.7 Å². The monoisotopic (exact) mass is 261 g/mol. The topological polar surface area (TPSA) is 51.8 Å². The Morgan fingerprint density at radius 1 is 0.850 bits per heavy atom. The van der Waals surface area contributed by atoms with E-state index in [9.17, 15) is 0 Å². The molecule has 0 fully saturated rings. The molecule has 3 aromatic rings. The van der Waals surface area contributed by atoms with Crippen molar-refractivity contribution in [1.29, 1.82) is 0 Å². The Balaban J connectivity index is 2.10. The van der Waals surface area contributed by atoms with Gasteiger partial charge in [-0.05, 0) is 22.8 Å². The van der Waals surface area contributed by atoms with Crippen molar-refractivity contribution in [3.63, 3.8) is 0 Å². The summed E-state index contributed by atoms with van der Waals surface area (Å²) in [5, 5.41) is 0. The molecule has 2 aromatic carbocycles. The van der Waals surface area contributed by atoms with E-state index in [1.807, 2.05) is 18.2 Å². The van der Waals surface area contributed by atoms with E-state index >= 15 is 0 Å². The molecule has 0 aliphatic rings. The lowest BCUT2D eigenvalue weighted by Gasteiger charge is -2.09. The fraction of sp³-hybridized carbons (Fsp3) is 0.0588. The molecule has 0 amide bonds. The fourth-order valence-corrected chi connectivity index (χ4v) is 2.23. The molecule has 0 spiro atoms. The molecule has 98 valence electrons. The van der Waals surface area contributed by atoms with E-state index in [0.717, 1.165) is 27.9 Å². The first-order valence-electron chi connectivity index (χ1n) is 6.53. The first kappa shape index (κ1) is 12.5. The predicted molar refractivity (Wildman–Crippen MR) is 80.8 cm³/mol. The number of nitrogens with two attached hydrogens (primary N) is 1. The van der Waals surface area contributed by atoms with Crippen LogP contribution in [0.5, 0.6) is 0 Å². The van der Waals surface area contributed by atoms with E-state index in [0.29, 0.717) is 6.54 Å². The Morgan fingerprint density at radius 3 is 2.25 bits per heavy atom. The van der Waals surface area contributed by atoms with Gasteiger partial charge in [-0.25, -0.2) is 9.97 Å². The fourth-order valence-electron chi connectivity index (χ4n) is 2.23. The second-order valence-electron chi connectivity index (χ2n) is 4.54. The molecule has 0 unspecified atom stereocenters. The van der Waals surface area contributed by atoms with Crippen LogP contribution in [0.2, 0.25) is 0 Å². The molecule has 1 heterocycles. The van der Waals surface area contributed by atoms with E-state index in [4.69, 9.17) is 5.73 Å². The molecule has 1 aromatic heterocycles. The van der Waals surface area contributed by atoms with E-state index < -0.39 is 0 Å². The molecule has 0 bridgehead atoms. The van der Waals surface area contributed by atoms with Crippen LogP contribution in [0.1, 0.15) is 5.56 Å². The Kier molecular flexibility index (Phi) is 3.52. The summed E-state index contributed by atoms with van der Waals surface area (Å²) in [6.07, 6.45) is 3.33. The van der Waals surface area contributed by atoms with Crippen LogP contribution in [0, 0.1) is 0 Å². The van der Waals surface area contributed by atoms with Crippen molar-refractivity contribution in [3.8, 4) is 22.4 Å². The van der Waals surface area contributed by atoms with E-state index in [1.165, 1.54) is 0 Å². The Hall–Kier alpha value is -2.52. The number of rotatable bonds is 3. The van der Waals surface area contributed by atoms with Gasteiger partial charge < -0.3 is 5.73 Å². The average Bonchev–Trinajstić information content (AvgIpc) is 2.56. The second kappa shape index (κ2) is 5.63. The Morgan fingerprint density at radius 2 is 1.60 bits per heavy atom. The summed E-state index contributed by atoms with van der Waals surface area (Å²) in [5.41, 5.74) is 11.1. The zero-order valence-corrected chi connectivity index (χ0v) is 11.0. The average molecular weight is 261 g/mol. The van der Waals surface area contributed by atoms with Gasteiger partial charge >= 0.3 is 0 Å². The predicted octanol–water partition coefficient (Wildman–Crippen LogP) is 3.27. The summed E-state index contributed by atoms with van der Waals surface area (Å²) < 4.78 is 0. The summed E-state index contributed by atoms with van der Waals surface area (Å²) in [6.45, 7) is 0.563. The van der Waals surface area contributed by atoms with Crippen LogP contribution in [0.25, 0.3) is 22.4 Å². The number of hydrogen-bond donors (Lipinski definition) is 1. The third-order valence-corrected chi connectivity index (χ3v) is 3.29. The third kappa shape index (κ3) is 2.44. The second-order valence-corrected chi connectivity index (χ2v) is 4.54. The van der Waals surface area contributed by atoms with Crippen molar-refractivity contribution >= 4 is 0 Å². The largest absolute Gasteiger partial charge is 0.326 e. The van der Waals surface area contributed by atoms with Gasteiger partial charge in [0.1, 0.15) is 6.33 Å². The summed E-state index contributed by atoms with van der Waals surface area (Å²) in [6, 6.07) is 18.5. The minimum atomic E-state index is 0.563. The molecular weight excluding hydrogens is 246 g/mol. The maximum Gasteiger partial charge on any atom is 0.116 e. The molecule has 3 heteroatoms. The lowest BCUT2D eigenvalue weighted by atomic mass is 9.97. The summed E-state index contributed by atoms with van der Waals surface area (Å²) in [7, 11) is 0. The molecule has 0 aliphatic carbocycles. The summed E-state index contributed by atoms with van der Waals surface area (Å²) >= 11 is 0. The number of nitrogens with zero attached hydrogens (tertiary/aromatic N) is 2. The molecule has 0 aliphatic heterocycles. The van der Waals surface area contributed by atoms with Crippen LogP contribution in [-0.2, 0) is 6.54 Å². The van der Waals surface area contributed by atoms with Gasteiger partial charge in [0.25, 0.3) is 0 Å².